The number of nitrogens with zero attached hydrogens (tertiary/aromatic N) is 2. The van der Waals surface area contributed by atoms with E-state index in [0.717, 1.165) is 24.1 Å². The molecule has 4 rings (SSSR count). The molecule has 1 heterocycles. The second kappa shape index (κ2) is 7.80. The van der Waals surface area contributed by atoms with E-state index in [2.05, 4.69) is 46.6 Å². The zero-order valence-corrected chi connectivity index (χ0v) is 16.1. The largest absolute Gasteiger partial charge is 0.349 e. The minimum absolute atomic E-state index is 0.136. The van der Waals surface area contributed by atoms with Gasteiger partial charge in [-0.25, -0.2) is 9.97 Å². The molecule has 2 aromatic carbocycles. The van der Waals surface area contributed by atoms with E-state index in [1.165, 1.54) is 5.56 Å². The SMILES string of the molecule is CC(C)c1ccc(Nc2nc(-c3ccccc3)ncc2C(=O)NC2CC2)cc1. The Bertz CT molecular complexity index is 964. The monoisotopic (exact) mass is 372 g/mol. The standard InChI is InChI=1S/C23H24N4O/c1-15(2)16-8-10-18(11-9-16)25-22-20(23(28)26-19-12-13-19)14-24-21(27-22)17-6-4-3-5-7-17/h3-11,14-15,19H,12-13H2,1-2H3,(H,26,28)(H,24,25,27). The van der Waals surface area contributed by atoms with Gasteiger partial charge in [-0.3, -0.25) is 4.79 Å². The molecule has 142 valence electrons. The Hall–Kier alpha value is -3.21. The Morgan fingerprint density at radius 1 is 1.04 bits per heavy atom. The summed E-state index contributed by atoms with van der Waals surface area (Å²) in [5.74, 6) is 1.44. The van der Waals surface area contributed by atoms with Crippen LogP contribution in [0.25, 0.3) is 11.4 Å². The first-order valence-electron chi connectivity index (χ1n) is 9.70. The number of rotatable bonds is 6. The van der Waals surface area contributed by atoms with E-state index in [1.807, 2.05) is 42.5 Å². The molecule has 0 atom stereocenters. The summed E-state index contributed by atoms with van der Waals surface area (Å²) in [5, 5.41) is 6.33. The number of anilines is 2. The van der Waals surface area contributed by atoms with Crippen LogP contribution in [0.5, 0.6) is 0 Å². The zero-order valence-electron chi connectivity index (χ0n) is 16.1. The third kappa shape index (κ3) is 4.19. The van der Waals surface area contributed by atoms with Crippen molar-refractivity contribution in [1.29, 1.82) is 0 Å². The van der Waals surface area contributed by atoms with Gasteiger partial charge in [0.2, 0.25) is 0 Å². The van der Waals surface area contributed by atoms with Crippen LogP contribution >= 0.6 is 0 Å². The van der Waals surface area contributed by atoms with E-state index in [4.69, 9.17) is 0 Å². The molecular formula is C23H24N4O. The molecule has 0 saturated heterocycles. The summed E-state index contributed by atoms with van der Waals surface area (Å²) >= 11 is 0. The first-order valence-corrected chi connectivity index (χ1v) is 9.70. The van der Waals surface area contributed by atoms with E-state index < -0.39 is 0 Å². The van der Waals surface area contributed by atoms with Crippen LogP contribution in [0, 0.1) is 0 Å². The molecule has 0 radical (unpaired) electrons. The first-order chi connectivity index (χ1) is 13.6. The van der Waals surface area contributed by atoms with Crippen molar-refractivity contribution < 1.29 is 4.79 Å². The number of benzene rings is 2. The molecule has 5 heteroatoms. The van der Waals surface area contributed by atoms with Gasteiger partial charge in [0.15, 0.2) is 5.82 Å². The van der Waals surface area contributed by atoms with E-state index in [9.17, 15) is 4.79 Å². The van der Waals surface area contributed by atoms with E-state index >= 15 is 0 Å². The lowest BCUT2D eigenvalue weighted by molar-refractivity contribution is 0.0951. The van der Waals surface area contributed by atoms with Crippen molar-refractivity contribution in [2.75, 3.05) is 5.32 Å². The quantitative estimate of drug-likeness (QED) is 0.646. The van der Waals surface area contributed by atoms with Crippen molar-refractivity contribution >= 4 is 17.4 Å². The lowest BCUT2D eigenvalue weighted by Crippen LogP contribution is -2.26. The molecule has 0 spiro atoms. The molecule has 1 aliphatic rings. The molecule has 1 amide bonds. The first kappa shape index (κ1) is 18.2. The predicted octanol–water partition coefficient (Wildman–Crippen LogP) is 4.90. The molecular weight excluding hydrogens is 348 g/mol. The Labute approximate surface area is 165 Å². The Balaban J connectivity index is 1.67. The van der Waals surface area contributed by atoms with Gasteiger partial charge in [0.25, 0.3) is 5.91 Å². The van der Waals surface area contributed by atoms with Gasteiger partial charge in [0.05, 0.1) is 0 Å². The third-order valence-electron chi connectivity index (χ3n) is 4.82. The van der Waals surface area contributed by atoms with Crippen molar-refractivity contribution in [1.82, 2.24) is 15.3 Å². The van der Waals surface area contributed by atoms with Crippen LogP contribution in [0.1, 0.15) is 48.5 Å². The Kier molecular flexibility index (Phi) is 5.06. The molecule has 0 unspecified atom stereocenters. The molecule has 0 aliphatic heterocycles. The molecule has 1 fully saturated rings. The number of carbonyl (C=O) groups excluding carboxylic acids is 1. The number of hydrogen-bond acceptors (Lipinski definition) is 4. The van der Waals surface area contributed by atoms with Gasteiger partial charge in [0, 0.05) is 23.5 Å². The highest BCUT2D eigenvalue weighted by molar-refractivity contribution is 5.99. The lowest BCUT2D eigenvalue weighted by atomic mass is 10.0. The van der Waals surface area contributed by atoms with Gasteiger partial charge in [-0.15, -0.1) is 0 Å². The van der Waals surface area contributed by atoms with E-state index in [1.54, 1.807) is 6.20 Å². The maximum Gasteiger partial charge on any atom is 0.256 e. The molecule has 2 N–H and O–H groups in total. The van der Waals surface area contributed by atoms with Gasteiger partial charge in [-0.05, 0) is 36.5 Å². The fourth-order valence-electron chi connectivity index (χ4n) is 2.95. The lowest BCUT2D eigenvalue weighted by Gasteiger charge is -2.13. The van der Waals surface area contributed by atoms with Crippen LogP contribution in [0.2, 0.25) is 0 Å². The second-order valence-corrected chi connectivity index (χ2v) is 7.47. The molecule has 5 nitrogen and oxygen atoms in total. The van der Waals surface area contributed by atoms with Gasteiger partial charge in [0.1, 0.15) is 11.4 Å². The molecule has 0 bridgehead atoms. The Morgan fingerprint density at radius 2 is 1.75 bits per heavy atom. The van der Waals surface area contributed by atoms with Crippen LogP contribution in [0.15, 0.2) is 60.8 Å². The van der Waals surface area contributed by atoms with Gasteiger partial charge in [-0.2, -0.15) is 0 Å². The van der Waals surface area contributed by atoms with Gasteiger partial charge >= 0.3 is 0 Å². The number of aromatic nitrogens is 2. The number of hydrogen-bond donors (Lipinski definition) is 2. The minimum Gasteiger partial charge on any atom is -0.349 e. The van der Waals surface area contributed by atoms with Crippen LogP contribution < -0.4 is 10.6 Å². The normalized spacial score (nSPS) is 13.4. The van der Waals surface area contributed by atoms with E-state index in [-0.39, 0.29) is 11.9 Å². The van der Waals surface area contributed by atoms with Crippen molar-refractivity contribution in [2.45, 2.75) is 38.6 Å². The molecule has 1 aliphatic carbocycles. The Morgan fingerprint density at radius 3 is 2.39 bits per heavy atom. The summed E-state index contributed by atoms with van der Waals surface area (Å²) < 4.78 is 0. The topological polar surface area (TPSA) is 66.9 Å². The van der Waals surface area contributed by atoms with Crippen molar-refractivity contribution in [3.63, 3.8) is 0 Å². The fraction of sp³-hybridized carbons (Fsp3) is 0.261. The highest BCUT2D eigenvalue weighted by Crippen LogP contribution is 2.25. The maximum absolute atomic E-state index is 12.7. The highest BCUT2D eigenvalue weighted by atomic mass is 16.1. The number of amides is 1. The number of carbonyl (C=O) groups is 1. The summed E-state index contributed by atoms with van der Waals surface area (Å²) in [4.78, 5) is 21.8. The number of nitrogens with one attached hydrogen (secondary N) is 2. The fourth-order valence-corrected chi connectivity index (χ4v) is 2.95. The predicted molar refractivity (Wildman–Crippen MR) is 112 cm³/mol. The molecule has 28 heavy (non-hydrogen) atoms. The zero-order chi connectivity index (χ0) is 19.5. The van der Waals surface area contributed by atoms with Crippen LogP contribution in [-0.4, -0.2) is 21.9 Å². The second-order valence-electron chi connectivity index (χ2n) is 7.47. The highest BCUT2D eigenvalue weighted by Gasteiger charge is 2.25. The summed E-state index contributed by atoms with van der Waals surface area (Å²) in [7, 11) is 0. The van der Waals surface area contributed by atoms with Gasteiger partial charge in [-0.1, -0.05) is 56.3 Å². The smallest absolute Gasteiger partial charge is 0.256 e. The summed E-state index contributed by atoms with van der Waals surface area (Å²) in [5.41, 5.74) is 3.53. The van der Waals surface area contributed by atoms with Crippen molar-refractivity contribution in [3.05, 3.63) is 71.9 Å². The van der Waals surface area contributed by atoms with Gasteiger partial charge < -0.3 is 10.6 Å². The maximum atomic E-state index is 12.7. The summed E-state index contributed by atoms with van der Waals surface area (Å²) in [6.07, 6.45) is 3.68. The van der Waals surface area contributed by atoms with Crippen LogP contribution in [0.4, 0.5) is 11.5 Å². The van der Waals surface area contributed by atoms with E-state index in [0.29, 0.717) is 23.1 Å². The van der Waals surface area contributed by atoms with Crippen LogP contribution in [0.3, 0.4) is 0 Å². The third-order valence-corrected chi connectivity index (χ3v) is 4.82. The molecule has 3 aromatic rings. The molecule has 1 aromatic heterocycles. The van der Waals surface area contributed by atoms with Crippen molar-refractivity contribution in [3.8, 4) is 11.4 Å². The van der Waals surface area contributed by atoms with Crippen molar-refractivity contribution in [2.24, 2.45) is 0 Å². The van der Waals surface area contributed by atoms with Crippen LogP contribution in [-0.2, 0) is 0 Å². The average Bonchev–Trinajstić information content (AvgIpc) is 3.53. The summed E-state index contributed by atoms with van der Waals surface area (Å²) in [6, 6.07) is 18.3. The molecule has 1 saturated carbocycles. The minimum atomic E-state index is -0.136. The average molecular weight is 372 g/mol. The summed E-state index contributed by atoms with van der Waals surface area (Å²) in [6.45, 7) is 4.33.